The summed E-state index contributed by atoms with van der Waals surface area (Å²) in [5.74, 6) is -2.26. The molecule has 1 amide bonds. The fourth-order valence-corrected chi connectivity index (χ4v) is 1.09. The summed E-state index contributed by atoms with van der Waals surface area (Å²) >= 11 is 0. The average Bonchev–Trinajstić information content (AvgIpc) is 2.31. The number of hydrogen-bond acceptors (Lipinski definition) is 5. The van der Waals surface area contributed by atoms with Crippen LogP contribution in [0.25, 0.3) is 0 Å². The number of nitrogens with two attached hydrogens (primary N) is 1. The highest BCUT2D eigenvalue weighted by atomic mass is 16.5. The Kier molecular flexibility index (Phi) is 6.88. The summed E-state index contributed by atoms with van der Waals surface area (Å²) in [6, 6.07) is -1.87. The first-order valence-corrected chi connectivity index (χ1v) is 5.27. The van der Waals surface area contributed by atoms with Gasteiger partial charge in [0.1, 0.15) is 6.04 Å². The predicted octanol–water partition coefficient (Wildman–Crippen LogP) is -0.754. The number of rotatable bonds is 7. The van der Waals surface area contributed by atoms with Gasteiger partial charge in [-0.2, -0.15) is 0 Å². The van der Waals surface area contributed by atoms with Gasteiger partial charge in [0.25, 0.3) is 0 Å². The number of nitrogens with one attached hydrogen (secondary N) is 1. The van der Waals surface area contributed by atoms with Gasteiger partial charge in [0.05, 0.1) is 13.2 Å². The maximum absolute atomic E-state index is 11.4. The summed E-state index contributed by atoms with van der Waals surface area (Å²) in [6.07, 6.45) is 0.314. The van der Waals surface area contributed by atoms with Crippen LogP contribution in [-0.2, 0) is 19.1 Å². The Morgan fingerprint density at radius 2 is 2.00 bits per heavy atom. The van der Waals surface area contributed by atoms with Gasteiger partial charge in [-0.25, -0.2) is 4.79 Å². The molecule has 17 heavy (non-hydrogen) atoms. The van der Waals surface area contributed by atoms with E-state index < -0.39 is 29.9 Å². The molecular formula is C10H18N2O5. The summed E-state index contributed by atoms with van der Waals surface area (Å²) in [4.78, 5) is 33.1. The molecule has 0 spiro atoms. The van der Waals surface area contributed by atoms with Crippen LogP contribution >= 0.6 is 0 Å². The van der Waals surface area contributed by atoms with Crippen molar-refractivity contribution in [3.8, 4) is 0 Å². The van der Waals surface area contributed by atoms with Crippen LogP contribution in [0.5, 0.6) is 0 Å². The molecule has 98 valence electrons. The van der Waals surface area contributed by atoms with Crippen LogP contribution in [0, 0.1) is 0 Å². The fraction of sp³-hybridized carbons (Fsp3) is 0.700. The third-order valence-electron chi connectivity index (χ3n) is 2.26. The van der Waals surface area contributed by atoms with E-state index in [0.717, 1.165) is 0 Å². The fourth-order valence-electron chi connectivity index (χ4n) is 1.09. The standard InChI is InChI=1S/C10H18N2O5/c1-3-6(11)9(14)12-7(10(15)16)4-5-8(13)17-2/h6-7H,3-5,11H2,1-2H3,(H,12,14)(H,15,16)/t6-,7?/m1/s1. The molecule has 0 bridgehead atoms. The quantitative estimate of drug-likeness (QED) is 0.508. The number of hydrogen-bond donors (Lipinski definition) is 3. The maximum atomic E-state index is 11.4. The molecule has 7 heteroatoms. The lowest BCUT2D eigenvalue weighted by Gasteiger charge is -2.16. The Morgan fingerprint density at radius 1 is 1.41 bits per heavy atom. The third-order valence-corrected chi connectivity index (χ3v) is 2.26. The summed E-state index contributed by atoms with van der Waals surface area (Å²) in [5.41, 5.74) is 5.45. The minimum absolute atomic E-state index is 0.0236. The lowest BCUT2D eigenvalue weighted by atomic mass is 10.1. The molecule has 0 radical (unpaired) electrons. The van der Waals surface area contributed by atoms with Crippen LogP contribution in [0.2, 0.25) is 0 Å². The van der Waals surface area contributed by atoms with E-state index in [1.54, 1.807) is 6.92 Å². The molecule has 0 rings (SSSR count). The van der Waals surface area contributed by atoms with Gasteiger partial charge in [-0.15, -0.1) is 0 Å². The maximum Gasteiger partial charge on any atom is 0.326 e. The smallest absolute Gasteiger partial charge is 0.326 e. The van der Waals surface area contributed by atoms with E-state index in [1.807, 2.05) is 0 Å². The number of esters is 1. The topological polar surface area (TPSA) is 119 Å². The molecule has 0 aromatic heterocycles. The van der Waals surface area contributed by atoms with E-state index in [1.165, 1.54) is 7.11 Å². The Morgan fingerprint density at radius 3 is 2.41 bits per heavy atom. The third kappa shape index (κ3) is 5.86. The van der Waals surface area contributed by atoms with Crippen molar-refractivity contribution in [1.29, 1.82) is 0 Å². The van der Waals surface area contributed by atoms with Gasteiger partial charge < -0.3 is 20.9 Å². The van der Waals surface area contributed by atoms with Crippen LogP contribution < -0.4 is 11.1 Å². The van der Waals surface area contributed by atoms with Gasteiger partial charge in [0.15, 0.2) is 0 Å². The molecule has 0 saturated heterocycles. The minimum Gasteiger partial charge on any atom is -0.480 e. The van der Waals surface area contributed by atoms with E-state index in [0.29, 0.717) is 6.42 Å². The molecular weight excluding hydrogens is 228 g/mol. The van der Waals surface area contributed by atoms with Crippen molar-refractivity contribution in [1.82, 2.24) is 5.32 Å². The van der Waals surface area contributed by atoms with Crippen LogP contribution in [0.3, 0.4) is 0 Å². The van der Waals surface area contributed by atoms with Crippen LogP contribution in [-0.4, -0.2) is 42.1 Å². The number of carbonyl (C=O) groups is 3. The molecule has 1 unspecified atom stereocenters. The first-order chi connectivity index (χ1) is 7.92. The molecule has 0 aliphatic rings. The van der Waals surface area contributed by atoms with Crippen molar-refractivity contribution in [2.45, 2.75) is 38.3 Å². The zero-order valence-electron chi connectivity index (χ0n) is 9.93. The molecule has 4 N–H and O–H groups in total. The highest BCUT2D eigenvalue weighted by Gasteiger charge is 2.23. The zero-order valence-corrected chi connectivity index (χ0v) is 9.93. The van der Waals surface area contributed by atoms with Crippen molar-refractivity contribution in [2.24, 2.45) is 5.73 Å². The van der Waals surface area contributed by atoms with Crippen molar-refractivity contribution in [2.75, 3.05) is 7.11 Å². The number of carboxylic acids is 1. The highest BCUT2D eigenvalue weighted by Crippen LogP contribution is 2.00. The van der Waals surface area contributed by atoms with Gasteiger partial charge in [0, 0.05) is 6.42 Å². The van der Waals surface area contributed by atoms with Crippen molar-refractivity contribution in [3.63, 3.8) is 0 Å². The molecule has 0 heterocycles. The number of carbonyl (C=O) groups excluding carboxylic acids is 2. The molecule has 2 atom stereocenters. The van der Waals surface area contributed by atoms with Crippen molar-refractivity contribution in [3.05, 3.63) is 0 Å². The summed E-state index contributed by atoms with van der Waals surface area (Å²) in [7, 11) is 1.21. The second-order valence-electron chi connectivity index (χ2n) is 3.53. The van der Waals surface area contributed by atoms with Crippen LogP contribution in [0.4, 0.5) is 0 Å². The molecule has 0 aromatic carbocycles. The zero-order chi connectivity index (χ0) is 13.4. The Labute approximate surface area is 99.3 Å². The number of ether oxygens (including phenoxy) is 1. The number of methoxy groups -OCH3 is 1. The van der Waals surface area contributed by atoms with E-state index >= 15 is 0 Å². The predicted molar refractivity (Wildman–Crippen MR) is 59.1 cm³/mol. The van der Waals surface area contributed by atoms with E-state index in [-0.39, 0.29) is 12.8 Å². The van der Waals surface area contributed by atoms with Crippen molar-refractivity contribution >= 4 is 17.8 Å². The molecule has 0 aliphatic carbocycles. The number of aliphatic carboxylic acids is 1. The van der Waals surface area contributed by atoms with E-state index in [9.17, 15) is 14.4 Å². The number of amides is 1. The minimum atomic E-state index is -1.20. The molecule has 0 aromatic rings. The molecule has 0 saturated carbocycles. The number of carboxylic acid groups (broad SMARTS) is 1. The lowest BCUT2D eigenvalue weighted by Crippen LogP contribution is -2.48. The van der Waals surface area contributed by atoms with Gasteiger partial charge in [0.2, 0.25) is 5.91 Å². The Balaban J connectivity index is 4.30. The molecule has 0 fully saturated rings. The Bertz CT molecular complexity index is 292. The largest absolute Gasteiger partial charge is 0.480 e. The normalized spacial score (nSPS) is 13.6. The first-order valence-electron chi connectivity index (χ1n) is 5.27. The Hall–Kier alpha value is -1.63. The molecule has 0 aliphatic heterocycles. The van der Waals surface area contributed by atoms with Gasteiger partial charge >= 0.3 is 11.9 Å². The van der Waals surface area contributed by atoms with Crippen molar-refractivity contribution < 1.29 is 24.2 Å². The van der Waals surface area contributed by atoms with E-state index in [2.05, 4.69) is 10.1 Å². The first kappa shape index (κ1) is 15.4. The summed E-state index contributed by atoms with van der Waals surface area (Å²) < 4.78 is 4.38. The summed E-state index contributed by atoms with van der Waals surface area (Å²) in [5, 5.41) is 11.1. The SMILES string of the molecule is CC[C@@H](N)C(=O)NC(CCC(=O)OC)C(=O)O. The second kappa shape index (κ2) is 7.61. The van der Waals surface area contributed by atoms with Gasteiger partial charge in [-0.3, -0.25) is 9.59 Å². The monoisotopic (exact) mass is 246 g/mol. The lowest BCUT2D eigenvalue weighted by molar-refractivity contribution is -0.144. The molecule has 7 nitrogen and oxygen atoms in total. The highest BCUT2D eigenvalue weighted by molar-refractivity contribution is 5.87. The summed E-state index contributed by atoms with van der Waals surface area (Å²) in [6.45, 7) is 1.72. The second-order valence-corrected chi connectivity index (χ2v) is 3.53. The van der Waals surface area contributed by atoms with E-state index in [4.69, 9.17) is 10.8 Å². The average molecular weight is 246 g/mol. The van der Waals surface area contributed by atoms with Gasteiger partial charge in [-0.1, -0.05) is 6.92 Å². The van der Waals surface area contributed by atoms with Crippen LogP contribution in [0.1, 0.15) is 26.2 Å². The van der Waals surface area contributed by atoms with Gasteiger partial charge in [-0.05, 0) is 12.8 Å². The van der Waals surface area contributed by atoms with Crippen LogP contribution in [0.15, 0.2) is 0 Å².